The number of ketones is 1. The summed E-state index contributed by atoms with van der Waals surface area (Å²) in [6.07, 6.45) is 0. The number of nitro benzene ring substituents is 1. The number of non-ortho nitro benzene ring substituents is 1. The van der Waals surface area contributed by atoms with E-state index in [-0.39, 0.29) is 28.3 Å². The lowest BCUT2D eigenvalue weighted by atomic mass is 9.95. The third-order valence-corrected chi connectivity index (χ3v) is 5.30. The molecule has 0 bridgehead atoms. The molecule has 1 saturated heterocycles. The van der Waals surface area contributed by atoms with E-state index in [2.05, 4.69) is 0 Å². The van der Waals surface area contributed by atoms with Gasteiger partial charge in [0.05, 0.1) is 22.1 Å². The smallest absolute Gasteiger partial charge is 0.335 e. The Morgan fingerprint density at radius 2 is 1.45 bits per heavy atom. The zero-order chi connectivity index (χ0) is 23.7. The summed E-state index contributed by atoms with van der Waals surface area (Å²) in [6.45, 7) is 0. The first-order valence-electron chi connectivity index (χ1n) is 9.73. The molecule has 33 heavy (non-hydrogen) atoms. The van der Waals surface area contributed by atoms with Crippen LogP contribution < -0.4 is 4.90 Å². The molecule has 0 spiro atoms. The number of hydrogen-bond donors (Lipinski definition) is 2. The van der Waals surface area contributed by atoms with E-state index in [1.807, 2.05) is 0 Å². The van der Waals surface area contributed by atoms with Crippen LogP contribution in [-0.4, -0.2) is 32.8 Å². The van der Waals surface area contributed by atoms with Crippen LogP contribution in [0.2, 0.25) is 0 Å². The monoisotopic (exact) mass is 444 g/mol. The van der Waals surface area contributed by atoms with E-state index in [1.54, 1.807) is 30.3 Å². The lowest BCUT2D eigenvalue weighted by Crippen LogP contribution is -2.29. The Labute approximate surface area is 187 Å². The highest BCUT2D eigenvalue weighted by molar-refractivity contribution is 6.51. The van der Waals surface area contributed by atoms with Gasteiger partial charge in [0, 0.05) is 23.4 Å². The molecule has 9 heteroatoms. The van der Waals surface area contributed by atoms with E-state index in [1.165, 1.54) is 48.5 Å². The summed E-state index contributed by atoms with van der Waals surface area (Å²) in [5, 5.41) is 31.2. The Kier molecular flexibility index (Phi) is 5.45. The van der Waals surface area contributed by atoms with Crippen molar-refractivity contribution in [3.8, 4) is 0 Å². The third-order valence-electron chi connectivity index (χ3n) is 5.30. The van der Waals surface area contributed by atoms with Crippen molar-refractivity contribution in [2.75, 3.05) is 4.90 Å². The number of carbonyl (C=O) groups is 3. The molecule has 1 heterocycles. The highest BCUT2D eigenvalue weighted by Gasteiger charge is 2.47. The highest BCUT2D eigenvalue weighted by Crippen LogP contribution is 2.42. The first-order chi connectivity index (χ1) is 15.8. The number of carboxylic acid groups (broad SMARTS) is 1. The first-order valence-corrected chi connectivity index (χ1v) is 9.73. The standard InChI is InChI=1S/C24H16N2O7/c27-21(15-4-2-1-3-5-15)19-20(14-6-12-18(13-7-14)26(32)33)25(23(29)22(19)28)17-10-8-16(9-11-17)24(30)31/h1-13,20,27H,(H,30,31)/b21-19-. The normalized spacial score (nSPS) is 17.2. The Balaban J connectivity index is 1.91. The van der Waals surface area contributed by atoms with Gasteiger partial charge in [0.2, 0.25) is 0 Å². The first kappa shape index (κ1) is 21.4. The fourth-order valence-corrected chi connectivity index (χ4v) is 3.71. The largest absolute Gasteiger partial charge is 0.507 e. The Bertz CT molecular complexity index is 1300. The van der Waals surface area contributed by atoms with E-state index < -0.39 is 28.6 Å². The molecule has 1 aliphatic rings. The summed E-state index contributed by atoms with van der Waals surface area (Å²) >= 11 is 0. The van der Waals surface area contributed by atoms with Crippen LogP contribution in [0, 0.1) is 10.1 Å². The van der Waals surface area contributed by atoms with Crippen molar-refractivity contribution in [1.29, 1.82) is 0 Å². The van der Waals surface area contributed by atoms with E-state index in [0.29, 0.717) is 11.1 Å². The fraction of sp³-hybridized carbons (Fsp3) is 0.0417. The molecule has 164 valence electrons. The maximum absolute atomic E-state index is 13.0. The molecule has 3 aromatic carbocycles. The number of anilines is 1. The molecule has 1 unspecified atom stereocenters. The topological polar surface area (TPSA) is 138 Å². The van der Waals surface area contributed by atoms with Crippen LogP contribution in [0.25, 0.3) is 5.76 Å². The van der Waals surface area contributed by atoms with Crippen molar-refractivity contribution in [2.45, 2.75) is 6.04 Å². The Hall–Kier alpha value is -4.79. The number of Topliss-reactive ketones (excluding diaryl/α,β-unsaturated/α-hetero) is 1. The predicted octanol–water partition coefficient (Wildman–Crippen LogP) is 3.92. The number of rotatable bonds is 5. The molecule has 4 rings (SSSR count). The average molecular weight is 444 g/mol. The number of aromatic carboxylic acids is 1. The summed E-state index contributed by atoms with van der Waals surface area (Å²) in [5.74, 6) is -3.39. The quantitative estimate of drug-likeness (QED) is 0.200. The molecule has 0 saturated carbocycles. The second-order valence-electron chi connectivity index (χ2n) is 7.24. The number of aliphatic hydroxyl groups is 1. The van der Waals surface area contributed by atoms with Gasteiger partial charge in [0.25, 0.3) is 17.4 Å². The second-order valence-corrected chi connectivity index (χ2v) is 7.24. The van der Waals surface area contributed by atoms with Gasteiger partial charge in [-0.05, 0) is 42.0 Å². The fourth-order valence-electron chi connectivity index (χ4n) is 3.71. The second kappa shape index (κ2) is 8.39. The molecule has 9 nitrogen and oxygen atoms in total. The molecule has 0 aliphatic carbocycles. The summed E-state index contributed by atoms with van der Waals surface area (Å²) in [6, 6.07) is 17.8. The molecule has 0 radical (unpaired) electrons. The average Bonchev–Trinajstić information content (AvgIpc) is 3.09. The van der Waals surface area contributed by atoms with Crippen molar-refractivity contribution in [3.63, 3.8) is 0 Å². The number of benzene rings is 3. The van der Waals surface area contributed by atoms with Crippen LogP contribution in [0.3, 0.4) is 0 Å². The minimum Gasteiger partial charge on any atom is -0.507 e. The lowest BCUT2D eigenvalue weighted by molar-refractivity contribution is -0.384. The maximum atomic E-state index is 13.0. The summed E-state index contributed by atoms with van der Waals surface area (Å²) in [4.78, 5) is 48.9. The van der Waals surface area contributed by atoms with Gasteiger partial charge in [-0.3, -0.25) is 24.6 Å². The Morgan fingerprint density at radius 1 is 0.848 bits per heavy atom. The Morgan fingerprint density at radius 3 is 2.00 bits per heavy atom. The molecule has 2 N–H and O–H groups in total. The summed E-state index contributed by atoms with van der Waals surface area (Å²) in [7, 11) is 0. The number of carbonyl (C=O) groups excluding carboxylic acids is 2. The van der Waals surface area contributed by atoms with E-state index in [0.717, 1.165) is 4.90 Å². The minimum absolute atomic E-state index is 0.00786. The molecule has 1 amide bonds. The maximum Gasteiger partial charge on any atom is 0.335 e. The number of carboxylic acids is 1. The molecule has 3 aromatic rings. The van der Waals surface area contributed by atoms with Gasteiger partial charge < -0.3 is 10.2 Å². The van der Waals surface area contributed by atoms with E-state index in [9.17, 15) is 29.6 Å². The molecule has 1 aliphatic heterocycles. The van der Waals surface area contributed by atoms with Crippen molar-refractivity contribution < 1.29 is 29.5 Å². The van der Waals surface area contributed by atoms with Crippen molar-refractivity contribution >= 4 is 34.8 Å². The van der Waals surface area contributed by atoms with Crippen LogP contribution in [0.4, 0.5) is 11.4 Å². The minimum atomic E-state index is -1.15. The van der Waals surface area contributed by atoms with Crippen LogP contribution in [0.15, 0.2) is 84.4 Å². The number of nitrogens with zero attached hydrogens (tertiary/aromatic N) is 2. The van der Waals surface area contributed by atoms with Gasteiger partial charge in [-0.1, -0.05) is 30.3 Å². The number of hydrogen-bond acceptors (Lipinski definition) is 6. The zero-order valence-corrected chi connectivity index (χ0v) is 16.9. The van der Waals surface area contributed by atoms with E-state index >= 15 is 0 Å². The molecule has 1 atom stereocenters. The predicted molar refractivity (Wildman–Crippen MR) is 118 cm³/mol. The van der Waals surface area contributed by atoms with Gasteiger partial charge in [-0.25, -0.2) is 4.79 Å². The van der Waals surface area contributed by atoms with Crippen molar-refractivity contribution in [3.05, 3.63) is 111 Å². The zero-order valence-electron chi connectivity index (χ0n) is 16.9. The van der Waals surface area contributed by atoms with Gasteiger partial charge in [0.15, 0.2) is 0 Å². The number of amides is 1. The number of nitro groups is 1. The number of aliphatic hydroxyl groups excluding tert-OH is 1. The molecule has 0 aromatic heterocycles. The molecule has 1 fully saturated rings. The summed E-state index contributed by atoms with van der Waals surface area (Å²) in [5.41, 5.74) is 0.555. The van der Waals surface area contributed by atoms with E-state index in [4.69, 9.17) is 5.11 Å². The lowest BCUT2D eigenvalue weighted by Gasteiger charge is -2.25. The van der Waals surface area contributed by atoms with Gasteiger partial charge in [0.1, 0.15) is 5.76 Å². The van der Waals surface area contributed by atoms with Crippen molar-refractivity contribution in [1.82, 2.24) is 0 Å². The van der Waals surface area contributed by atoms with Crippen LogP contribution in [0.5, 0.6) is 0 Å². The SMILES string of the molecule is O=C1C(=O)N(c2ccc(C(=O)O)cc2)C(c2ccc([N+](=O)[O-])cc2)/C1=C(/O)c1ccccc1. The summed E-state index contributed by atoms with van der Waals surface area (Å²) < 4.78 is 0. The van der Waals surface area contributed by atoms with Gasteiger partial charge in [-0.15, -0.1) is 0 Å². The van der Waals surface area contributed by atoms with Crippen LogP contribution in [0.1, 0.15) is 27.5 Å². The van der Waals surface area contributed by atoms with Crippen LogP contribution in [-0.2, 0) is 9.59 Å². The highest BCUT2D eigenvalue weighted by atomic mass is 16.6. The van der Waals surface area contributed by atoms with Gasteiger partial charge in [-0.2, -0.15) is 0 Å². The van der Waals surface area contributed by atoms with Crippen LogP contribution >= 0.6 is 0 Å². The van der Waals surface area contributed by atoms with Crippen molar-refractivity contribution in [2.24, 2.45) is 0 Å². The third kappa shape index (κ3) is 3.83. The molecular formula is C24H16N2O7. The molecular weight excluding hydrogens is 428 g/mol. The van der Waals surface area contributed by atoms with Gasteiger partial charge >= 0.3 is 5.97 Å².